The van der Waals surface area contributed by atoms with Crippen LogP contribution in [-0.4, -0.2) is 19.7 Å². The van der Waals surface area contributed by atoms with Gasteiger partial charge >= 0.3 is 5.00 Å². The van der Waals surface area contributed by atoms with Crippen LogP contribution in [0.25, 0.3) is 11.4 Å². The Morgan fingerprint density at radius 1 is 1.33 bits per heavy atom. The summed E-state index contributed by atoms with van der Waals surface area (Å²) in [4.78, 5) is 10.4. The summed E-state index contributed by atoms with van der Waals surface area (Å²) in [6, 6.07) is 9.80. The molecule has 0 aliphatic heterocycles. The number of thioether (sulfide) groups is 1. The van der Waals surface area contributed by atoms with E-state index < -0.39 is 0 Å². The van der Waals surface area contributed by atoms with Gasteiger partial charge < -0.3 is 4.57 Å². The van der Waals surface area contributed by atoms with Crippen LogP contribution in [0.3, 0.4) is 0 Å². The van der Waals surface area contributed by atoms with Crippen molar-refractivity contribution in [2.75, 3.05) is 0 Å². The molecule has 8 heteroatoms. The number of aromatic nitrogens is 3. The molecule has 0 radical (unpaired) electrons. The first-order chi connectivity index (χ1) is 11.6. The normalized spacial score (nSPS) is 10.9. The molecule has 0 aliphatic carbocycles. The summed E-state index contributed by atoms with van der Waals surface area (Å²) in [7, 11) is 0. The van der Waals surface area contributed by atoms with Crippen molar-refractivity contribution >= 4 is 28.1 Å². The van der Waals surface area contributed by atoms with E-state index in [-0.39, 0.29) is 9.92 Å². The summed E-state index contributed by atoms with van der Waals surface area (Å²) < 4.78 is 2.07. The molecule has 1 aromatic carbocycles. The fourth-order valence-corrected chi connectivity index (χ4v) is 4.13. The zero-order valence-electron chi connectivity index (χ0n) is 13.3. The van der Waals surface area contributed by atoms with Crippen LogP contribution in [0.15, 0.2) is 40.9 Å². The average Bonchev–Trinajstić information content (AvgIpc) is 3.19. The van der Waals surface area contributed by atoms with Gasteiger partial charge in [0.25, 0.3) is 0 Å². The van der Waals surface area contributed by atoms with Crippen LogP contribution in [0, 0.1) is 17.0 Å². The van der Waals surface area contributed by atoms with Crippen LogP contribution in [0.1, 0.15) is 18.1 Å². The van der Waals surface area contributed by atoms with Gasteiger partial charge in [0.05, 0.1) is 4.92 Å². The highest BCUT2D eigenvalue weighted by atomic mass is 32.2. The minimum atomic E-state index is -0.358. The molecule has 0 amide bonds. The molecule has 124 valence electrons. The van der Waals surface area contributed by atoms with Crippen LogP contribution in [0.4, 0.5) is 5.00 Å². The minimum absolute atomic E-state index is 0.169. The van der Waals surface area contributed by atoms with Crippen molar-refractivity contribution < 1.29 is 4.92 Å². The molecule has 3 aromatic rings. The van der Waals surface area contributed by atoms with E-state index in [2.05, 4.69) is 40.7 Å². The van der Waals surface area contributed by atoms with Gasteiger partial charge in [0, 0.05) is 29.3 Å². The number of benzene rings is 1. The Bertz CT molecular complexity index is 873. The third-order valence-electron chi connectivity index (χ3n) is 3.50. The van der Waals surface area contributed by atoms with Gasteiger partial charge in [-0.3, -0.25) is 10.1 Å². The number of nitro groups is 1. The predicted octanol–water partition coefficient (Wildman–Crippen LogP) is 4.54. The number of rotatable bonds is 6. The van der Waals surface area contributed by atoms with E-state index in [1.165, 1.54) is 5.56 Å². The molecule has 0 atom stereocenters. The van der Waals surface area contributed by atoms with Gasteiger partial charge in [-0.15, -0.1) is 10.2 Å². The summed E-state index contributed by atoms with van der Waals surface area (Å²) in [5, 5.41) is 22.2. The van der Waals surface area contributed by atoms with Crippen molar-refractivity contribution in [2.24, 2.45) is 0 Å². The van der Waals surface area contributed by atoms with Crippen LogP contribution in [0.5, 0.6) is 0 Å². The van der Waals surface area contributed by atoms with E-state index >= 15 is 0 Å². The number of hydrogen-bond acceptors (Lipinski definition) is 6. The second-order valence-corrected chi connectivity index (χ2v) is 7.09. The highest BCUT2D eigenvalue weighted by Crippen LogP contribution is 2.30. The van der Waals surface area contributed by atoms with Gasteiger partial charge in [0.2, 0.25) is 0 Å². The molecule has 0 spiro atoms. The Balaban J connectivity index is 1.80. The standard InChI is InChI=1S/C16H16N4O2S2/c1-3-19-15(13-6-4-5-11(2)7-13)17-18-16(19)24-10-12-8-14(20(21)22)23-9-12/h4-9H,3,10H2,1-2H3. The lowest BCUT2D eigenvalue weighted by Crippen LogP contribution is -2.00. The van der Waals surface area contributed by atoms with Crippen molar-refractivity contribution in [3.8, 4) is 11.4 Å². The molecule has 0 bridgehead atoms. The Hall–Kier alpha value is -2.19. The summed E-state index contributed by atoms with van der Waals surface area (Å²) in [5.74, 6) is 1.48. The number of nitrogens with zero attached hydrogens (tertiary/aromatic N) is 4. The quantitative estimate of drug-likeness (QED) is 0.367. The maximum atomic E-state index is 10.8. The molecule has 0 aliphatic rings. The van der Waals surface area contributed by atoms with Crippen molar-refractivity contribution in [1.82, 2.24) is 14.8 Å². The second-order valence-electron chi connectivity index (χ2n) is 5.26. The molecular formula is C16H16N4O2S2. The SMILES string of the molecule is CCn1c(SCc2csc([N+](=O)[O-])c2)nnc1-c1cccc(C)c1. The Morgan fingerprint density at radius 3 is 2.83 bits per heavy atom. The van der Waals surface area contributed by atoms with Crippen molar-refractivity contribution in [3.63, 3.8) is 0 Å². The van der Waals surface area contributed by atoms with Crippen molar-refractivity contribution in [1.29, 1.82) is 0 Å². The van der Waals surface area contributed by atoms with Gasteiger partial charge in [-0.25, -0.2) is 0 Å². The van der Waals surface area contributed by atoms with E-state index in [0.717, 1.165) is 40.0 Å². The van der Waals surface area contributed by atoms with Crippen LogP contribution < -0.4 is 0 Å². The summed E-state index contributed by atoms with van der Waals surface area (Å²) >= 11 is 2.69. The van der Waals surface area contributed by atoms with E-state index in [9.17, 15) is 10.1 Å². The zero-order chi connectivity index (χ0) is 17.1. The first-order valence-corrected chi connectivity index (χ1v) is 9.30. The number of aryl methyl sites for hydroxylation is 1. The molecule has 3 rings (SSSR count). The third-order valence-corrected chi connectivity index (χ3v) is 5.46. The van der Waals surface area contributed by atoms with E-state index in [4.69, 9.17) is 0 Å². The van der Waals surface area contributed by atoms with Gasteiger partial charge in [-0.05, 0) is 25.5 Å². The minimum Gasteiger partial charge on any atom is -0.302 e. The molecule has 0 unspecified atom stereocenters. The van der Waals surface area contributed by atoms with Gasteiger partial charge in [0.1, 0.15) is 0 Å². The molecule has 0 N–H and O–H groups in total. The number of thiophene rings is 1. The molecule has 6 nitrogen and oxygen atoms in total. The Morgan fingerprint density at radius 2 is 2.17 bits per heavy atom. The Labute approximate surface area is 147 Å². The molecule has 0 saturated heterocycles. The smallest absolute Gasteiger partial charge is 0.302 e. The lowest BCUT2D eigenvalue weighted by atomic mass is 10.1. The third kappa shape index (κ3) is 3.49. The summed E-state index contributed by atoms with van der Waals surface area (Å²) in [6.45, 7) is 4.87. The lowest BCUT2D eigenvalue weighted by Gasteiger charge is -2.07. The van der Waals surface area contributed by atoms with Crippen LogP contribution in [-0.2, 0) is 12.3 Å². The summed E-state index contributed by atoms with van der Waals surface area (Å²) in [5.41, 5.74) is 3.15. The first-order valence-electron chi connectivity index (χ1n) is 7.43. The fourth-order valence-electron chi connectivity index (χ4n) is 2.36. The highest BCUT2D eigenvalue weighted by molar-refractivity contribution is 7.98. The van der Waals surface area contributed by atoms with Gasteiger partial charge in [-0.2, -0.15) is 0 Å². The van der Waals surface area contributed by atoms with E-state index in [1.54, 1.807) is 17.8 Å². The monoisotopic (exact) mass is 360 g/mol. The maximum Gasteiger partial charge on any atom is 0.324 e. The molecule has 0 saturated carbocycles. The topological polar surface area (TPSA) is 73.8 Å². The molecule has 24 heavy (non-hydrogen) atoms. The number of hydrogen-bond donors (Lipinski definition) is 0. The van der Waals surface area contributed by atoms with Crippen molar-refractivity contribution in [3.05, 3.63) is 57.0 Å². The lowest BCUT2D eigenvalue weighted by molar-refractivity contribution is -0.380. The van der Waals surface area contributed by atoms with Crippen LogP contribution >= 0.6 is 23.1 Å². The van der Waals surface area contributed by atoms with E-state index in [1.807, 2.05) is 17.5 Å². The molecule has 2 aromatic heterocycles. The molecular weight excluding hydrogens is 344 g/mol. The average molecular weight is 360 g/mol. The zero-order valence-corrected chi connectivity index (χ0v) is 14.9. The second kappa shape index (κ2) is 7.14. The Kier molecular flexibility index (Phi) is 4.96. The van der Waals surface area contributed by atoms with Crippen LogP contribution in [0.2, 0.25) is 0 Å². The summed E-state index contributed by atoms with van der Waals surface area (Å²) in [6.07, 6.45) is 0. The van der Waals surface area contributed by atoms with Gasteiger partial charge in [0.15, 0.2) is 11.0 Å². The maximum absolute atomic E-state index is 10.8. The van der Waals surface area contributed by atoms with Gasteiger partial charge in [-0.1, -0.05) is 46.9 Å². The molecule has 0 fully saturated rings. The fraction of sp³-hybridized carbons (Fsp3) is 0.250. The molecule has 2 heterocycles. The first kappa shape index (κ1) is 16.7. The highest BCUT2D eigenvalue weighted by Gasteiger charge is 2.15. The van der Waals surface area contributed by atoms with Crippen molar-refractivity contribution in [2.45, 2.75) is 31.3 Å². The predicted molar refractivity (Wildman–Crippen MR) is 96.4 cm³/mol. The largest absolute Gasteiger partial charge is 0.324 e. The van der Waals surface area contributed by atoms with E-state index in [0.29, 0.717) is 5.75 Å².